The molecule has 1 fully saturated rings. The average Bonchev–Trinajstić information content (AvgIpc) is 3.36. The van der Waals surface area contributed by atoms with Crippen LogP contribution in [0.25, 0.3) is 0 Å². The van der Waals surface area contributed by atoms with Crippen molar-refractivity contribution >= 4 is 35.4 Å². The molecule has 0 N–H and O–H groups in total. The van der Waals surface area contributed by atoms with Crippen molar-refractivity contribution in [3.63, 3.8) is 0 Å². The van der Waals surface area contributed by atoms with E-state index in [2.05, 4.69) is 41.5 Å². The summed E-state index contributed by atoms with van der Waals surface area (Å²) in [5.74, 6) is 0. The van der Waals surface area contributed by atoms with E-state index < -0.39 is 0 Å². The van der Waals surface area contributed by atoms with Gasteiger partial charge in [-0.25, -0.2) is 24.2 Å². The maximum Gasteiger partial charge on any atom is 0.437 e. The van der Waals surface area contributed by atoms with Crippen LogP contribution in [0.15, 0.2) is 0 Å². The van der Waals surface area contributed by atoms with Gasteiger partial charge in [0.05, 0.1) is 0 Å². The number of hydrogen-bond donors (Lipinski definition) is 0. The Morgan fingerprint density at radius 2 is 0.671 bits per heavy atom. The van der Waals surface area contributed by atoms with Gasteiger partial charge in [0.1, 0.15) is 19.2 Å². The normalized spacial score (nSPS) is 16.6. The summed E-state index contributed by atoms with van der Waals surface area (Å²) >= 11 is 5.53. The van der Waals surface area contributed by atoms with Crippen LogP contribution in [-0.4, -0.2) is 68.7 Å². The number of thiocarbonyl (C=S) groups is 1. The molecule has 6 amide bonds. The molecule has 0 aromatic carbocycles. The van der Waals surface area contributed by atoms with Gasteiger partial charge in [0, 0.05) is 24.9 Å². The molecule has 0 aromatic rings. The lowest BCUT2D eigenvalue weighted by Gasteiger charge is -2.50. The van der Waals surface area contributed by atoms with Gasteiger partial charge < -0.3 is 4.74 Å². The van der Waals surface area contributed by atoms with Crippen molar-refractivity contribution in [2.75, 3.05) is 13.2 Å². The molecule has 0 bridgehead atoms. The van der Waals surface area contributed by atoms with Crippen LogP contribution in [0.1, 0.15) is 344 Å². The van der Waals surface area contributed by atoms with E-state index in [9.17, 15) is 0 Å². The third-order valence-electron chi connectivity index (χ3n) is 16.2. The predicted molar refractivity (Wildman–Crippen MR) is 307 cm³/mol. The predicted octanol–water partition coefficient (Wildman–Crippen LogP) is 21.3. The molecule has 3 atom stereocenters. The van der Waals surface area contributed by atoms with Crippen molar-refractivity contribution in [3.05, 3.63) is 0 Å². The molecule has 1 saturated heterocycles. The number of urea groups is 3. The van der Waals surface area contributed by atoms with Crippen LogP contribution in [0, 0.1) is 0 Å². The Hall–Kier alpha value is -1.54. The van der Waals surface area contributed by atoms with Gasteiger partial charge in [-0.2, -0.15) is 4.48 Å². The minimum atomic E-state index is -0.368. The Bertz CT molecular complexity index is 1200. The smallest absolute Gasteiger partial charge is 0.437 e. The number of amides is 6. The molecule has 0 saturated carbocycles. The number of quaternary nitrogens is 1. The molecule has 0 radical (unpaired) electrons. The molecule has 412 valence electrons. The molecule has 70 heavy (non-hydrogen) atoms. The average molecular weight is 1000 g/mol. The Morgan fingerprint density at radius 1 is 0.400 bits per heavy atom. The van der Waals surface area contributed by atoms with Crippen molar-refractivity contribution < 1.29 is 23.6 Å². The Kier molecular flexibility index (Phi) is 43.7. The van der Waals surface area contributed by atoms with Crippen LogP contribution < -0.4 is 0 Å². The lowest BCUT2D eigenvalue weighted by Crippen LogP contribution is -2.78. The second-order valence-corrected chi connectivity index (χ2v) is 22.5. The Balaban J connectivity index is 3.19. The summed E-state index contributed by atoms with van der Waals surface area (Å²) in [6.07, 6.45) is 55.2. The maximum absolute atomic E-state index is 15.6. The van der Waals surface area contributed by atoms with E-state index in [1.165, 1.54) is 212 Å². The molecule has 3 unspecified atom stereocenters. The van der Waals surface area contributed by atoms with Crippen molar-refractivity contribution in [3.8, 4) is 0 Å². The fourth-order valence-electron chi connectivity index (χ4n) is 11.4. The van der Waals surface area contributed by atoms with Crippen LogP contribution >= 0.6 is 12.2 Å². The number of hydrogen-bond acceptors (Lipinski definition) is 5. The van der Waals surface area contributed by atoms with Gasteiger partial charge in [0.25, 0.3) is 0 Å². The van der Waals surface area contributed by atoms with Gasteiger partial charge in [-0.3, -0.25) is 0 Å². The summed E-state index contributed by atoms with van der Waals surface area (Å²) in [6.45, 7) is 15.6. The first-order chi connectivity index (χ1) is 34.2. The fourth-order valence-corrected chi connectivity index (χ4v) is 11.5. The quantitative estimate of drug-likeness (QED) is 0.0345. The number of imide groups is 3. The summed E-state index contributed by atoms with van der Waals surface area (Å²) in [4.78, 5) is 49.4. The van der Waals surface area contributed by atoms with Gasteiger partial charge >= 0.3 is 18.1 Å². The molecule has 1 rings (SSSR count). The van der Waals surface area contributed by atoms with Crippen LogP contribution in [0.5, 0.6) is 0 Å². The number of unbranched alkanes of at least 4 members (excludes halogenated alkanes) is 36. The zero-order chi connectivity index (χ0) is 51.3. The first-order valence-electron chi connectivity index (χ1n) is 31.5. The van der Waals surface area contributed by atoms with Crippen LogP contribution in [0.3, 0.4) is 0 Å². The molecule has 0 spiro atoms. The number of ether oxygens (including phenoxy) is 1. The third kappa shape index (κ3) is 28.2. The van der Waals surface area contributed by atoms with Gasteiger partial charge in [0.15, 0.2) is 5.05 Å². The van der Waals surface area contributed by atoms with E-state index >= 15 is 14.4 Å². The topological polar surface area (TPSA) is 66.9 Å². The molecule has 1 aliphatic heterocycles. The first kappa shape index (κ1) is 66.5. The summed E-state index contributed by atoms with van der Waals surface area (Å²) in [6, 6.07) is -1.69. The molecule has 8 heteroatoms. The number of rotatable bonds is 52. The van der Waals surface area contributed by atoms with E-state index in [-0.39, 0.29) is 53.9 Å². The number of carbonyl (C=O) groups excluding carboxylic acids is 3. The highest BCUT2D eigenvalue weighted by Gasteiger charge is 2.63. The van der Waals surface area contributed by atoms with Gasteiger partial charge in [0.2, 0.25) is 0 Å². The van der Waals surface area contributed by atoms with Crippen LogP contribution in [0.4, 0.5) is 14.4 Å². The van der Waals surface area contributed by atoms with Crippen molar-refractivity contribution in [1.82, 2.24) is 9.80 Å². The summed E-state index contributed by atoms with van der Waals surface area (Å²) in [5, 5.41) is 0.507. The second kappa shape index (κ2) is 46.0. The maximum atomic E-state index is 15.6. The number of carbonyl (C=O) groups is 3. The lowest BCUT2D eigenvalue weighted by molar-refractivity contribution is -0.807. The van der Waals surface area contributed by atoms with E-state index in [0.29, 0.717) is 30.7 Å². The molecule has 0 aromatic heterocycles. The molecule has 0 aliphatic carbocycles. The highest BCUT2D eigenvalue weighted by atomic mass is 32.1. The van der Waals surface area contributed by atoms with E-state index in [0.717, 1.165) is 57.8 Å². The van der Waals surface area contributed by atoms with Gasteiger partial charge in [-0.1, -0.05) is 292 Å². The first-order valence-corrected chi connectivity index (χ1v) is 31.9. The third-order valence-corrected chi connectivity index (χ3v) is 16.6. The summed E-state index contributed by atoms with van der Waals surface area (Å²) in [7, 11) is 0. The van der Waals surface area contributed by atoms with E-state index in [1.807, 2.05) is 6.92 Å². The molecule has 7 nitrogen and oxygen atoms in total. The van der Waals surface area contributed by atoms with Gasteiger partial charge in [-0.15, -0.1) is 0 Å². The zero-order valence-corrected chi connectivity index (χ0v) is 48.9. The SMILES string of the molecule is CCCCCCCCCCCCCCCC(CC)N1C(=O)N(C(CC)CCCCCCCCCCCCCCC)C(=O)[N+](CCOC(=S)CC)(C(CC)CCCCCCCCCCCCCCC)C1=O. The van der Waals surface area contributed by atoms with Crippen molar-refractivity contribution in [2.45, 2.75) is 362 Å². The van der Waals surface area contributed by atoms with Crippen LogP contribution in [0.2, 0.25) is 0 Å². The highest BCUT2D eigenvalue weighted by molar-refractivity contribution is 7.80. The lowest BCUT2D eigenvalue weighted by atomic mass is 9.97. The van der Waals surface area contributed by atoms with Gasteiger partial charge in [-0.05, 0) is 50.7 Å². The molecular weight excluding hydrogens is 883 g/mol. The van der Waals surface area contributed by atoms with E-state index in [4.69, 9.17) is 17.0 Å². The Morgan fingerprint density at radius 3 is 0.929 bits per heavy atom. The van der Waals surface area contributed by atoms with Crippen molar-refractivity contribution in [1.29, 1.82) is 0 Å². The van der Waals surface area contributed by atoms with E-state index in [1.54, 1.807) is 9.80 Å². The fraction of sp³-hybridized carbons (Fsp3) is 0.935. The summed E-state index contributed by atoms with van der Waals surface area (Å²) < 4.78 is 5.75. The standard InChI is InChI=1S/C62H120N3O4S/c1-8-15-18-21-24-27-30-33-36-39-42-45-48-51-56(11-4)63-60(66)64(57(12-5)52-49-46-43-40-37-34-31-28-25-22-19-16-9-2)62(68)65(61(63)67,54-55-69-59(70)14-7)58(13-6)53-50-47-44-41-38-35-32-29-26-23-20-17-10-3/h56-58H,8-55H2,1-7H3/q+1. The van der Waals surface area contributed by atoms with Crippen LogP contribution in [-0.2, 0) is 4.74 Å². The minimum absolute atomic E-state index is 0.195. The zero-order valence-electron chi connectivity index (χ0n) is 48.1. The highest BCUT2D eigenvalue weighted by Crippen LogP contribution is 2.37. The molecule has 1 heterocycles. The largest absolute Gasteiger partial charge is 0.481 e. The monoisotopic (exact) mass is 1000 g/mol. The number of nitrogens with zero attached hydrogens (tertiary/aromatic N) is 3. The van der Waals surface area contributed by atoms with Crippen molar-refractivity contribution in [2.24, 2.45) is 0 Å². The second-order valence-electron chi connectivity index (χ2n) is 22.0. The molecular formula is C62H120N3O4S+. The summed E-state index contributed by atoms with van der Waals surface area (Å²) in [5.41, 5.74) is 0. The minimum Gasteiger partial charge on any atom is -0.481 e. The molecule has 1 aliphatic rings. The Labute approximate surface area is 441 Å².